The van der Waals surface area contributed by atoms with E-state index in [-0.39, 0.29) is 5.91 Å². The van der Waals surface area contributed by atoms with E-state index in [9.17, 15) is 4.79 Å². The van der Waals surface area contributed by atoms with Gasteiger partial charge in [0.15, 0.2) is 0 Å². The number of rotatable bonds is 7. The fourth-order valence-electron chi connectivity index (χ4n) is 2.26. The van der Waals surface area contributed by atoms with Gasteiger partial charge >= 0.3 is 0 Å². The Bertz CT molecular complexity index is 774. The molecule has 0 aromatic carbocycles. The highest BCUT2D eigenvalue weighted by atomic mass is 32.1. The third kappa shape index (κ3) is 4.70. The van der Waals surface area contributed by atoms with Crippen molar-refractivity contribution in [2.45, 2.75) is 19.3 Å². The molecular formula is C18H18N4OS. The molecule has 0 aliphatic carbocycles. The minimum Gasteiger partial charge on any atom is -0.356 e. The molecule has 0 radical (unpaired) electrons. The van der Waals surface area contributed by atoms with Crippen LogP contribution >= 0.6 is 11.3 Å². The Labute approximate surface area is 144 Å². The summed E-state index contributed by atoms with van der Waals surface area (Å²) in [6.45, 7) is 0.598. The number of nitrogens with zero attached hydrogens (tertiary/aromatic N) is 3. The second-order valence-electron chi connectivity index (χ2n) is 5.30. The van der Waals surface area contributed by atoms with E-state index in [1.54, 1.807) is 29.9 Å². The number of amides is 1. The second-order valence-corrected chi connectivity index (χ2v) is 6.25. The van der Waals surface area contributed by atoms with Crippen molar-refractivity contribution in [2.75, 3.05) is 6.54 Å². The molecule has 0 aliphatic rings. The van der Waals surface area contributed by atoms with Crippen LogP contribution in [0.1, 0.15) is 17.0 Å². The third-order valence-electron chi connectivity index (χ3n) is 3.50. The van der Waals surface area contributed by atoms with Crippen LogP contribution in [0, 0.1) is 0 Å². The molecule has 3 heterocycles. The maximum absolute atomic E-state index is 11.9. The molecule has 1 N–H and O–H groups in total. The van der Waals surface area contributed by atoms with Gasteiger partial charge < -0.3 is 5.32 Å². The number of carbonyl (C=O) groups is 1. The highest BCUT2D eigenvalue weighted by Gasteiger charge is 2.06. The zero-order chi connectivity index (χ0) is 16.6. The number of thiazole rings is 1. The zero-order valence-electron chi connectivity index (χ0n) is 13.2. The van der Waals surface area contributed by atoms with E-state index in [1.165, 1.54) is 0 Å². The Morgan fingerprint density at radius 1 is 1.08 bits per heavy atom. The van der Waals surface area contributed by atoms with Gasteiger partial charge in [0.05, 0.1) is 16.4 Å². The molecule has 0 saturated carbocycles. The van der Waals surface area contributed by atoms with Crippen molar-refractivity contribution < 1.29 is 4.79 Å². The van der Waals surface area contributed by atoms with Crippen LogP contribution < -0.4 is 5.32 Å². The molecule has 0 unspecified atom stereocenters. The van der Waals surface area contributed by atoms with Crippen LogP contribution in [0.3, 0.4) is 0 Å². The van der Waals surface area contributed by atoms with Crippen LogP contribution in [0.5, 0.6) is 0 Å². The van der Waals surface area contributed by atoms with Gasteiger partial charge in [-0.25, -0.2) is 4.98 Å². The molecule has 0 spiro atoms. The summed E-state index contributed by atoms with van der Waals surface area (Å²) in [5, 5.41) is 5.95. The Hall–Kier alpha value is -2.60. The van der Waals surface area contributed by atoms with Crippen LogP contribution in [-0.2, 0) is 17.6 Å². The molecule has 24 heavy (non-hydrogen) atoms. The van der Waals surface area contributed by atoms with E-state index in [4.69, 9.17) is 0 Å². The number of aromatic nitrogens is 3. The average molecular weight is 338 g/mol. The molecule has 3 aromatic heterocycles. The van der Waals surface area contributed by atoms with Crippen molar-refractivity contribution >= 4 is 17.2 Å². The molecule has 0 atom stereocenters. The quantitative estimate of drug-likeness (QED) is 0.719. The van der Waals surface area contributed by atoms with E-state index < -0.39 is 0 Å². The van der Waals surface area contributed by atoms with Crippen molar-refractivity contribution in [3.8, 4) is 11.4 Å². The smallest absolute Gasteiger partial charge is 0.220 e. The van der Waals surface area contributed by atoms with Crippen LogP contribution in [0.2, 0.25) is 0 Å². The minimum atomic E-state index is 0.0559. The molecule has 0 saturated heterocycles. The van der Waals surface area contributed by atoms with E-state index in [0.29, 0.717) is 19.4 Å². The predicted octanol–water partition coefficient (Wildman–Crippen LogP) is 2.89. The lowest BCUT2D eigenvalue weighted by atomic mass is 10.1. The second kappa shape index (κ2) is 8.31. The molecule has 3 aromatic rings. The Morgan fingerprint density at radius 3 is 2.83 bits per heavy atom. The predicted molar refractivity (Wildman–Crippen MR) is 94.6 cm³/mol. The van der Waals surface area contributed by atoms with Crippen LogP contribution in [-0.4, -0.2) is 27.4 Å². The summed E-state index contributed by atoms with van der Waals surface area (Å²) >= 11 is 1.60. The summed E-state index contributed by atoms with van der Waals surface area (Å²) in [5.41, 5.74) is 2.84. The van der Waals surface area contributed by atoms with Crippen LogP contribution in [0.4, 0.5) is 0 Å². The largest absolute Gasteiger partial charge is 0.356 e. The molecule has 5 nitrogen and oxygen atoms in total. The number of hydrogen-bond acceptors (Lipinski definition) is 5. The number of nitrogens with one attached hydrogen (secondary N) is 1. The SMILES string of the molecule is O=C(CCc1cccnc1)NCCc1nc(-c2ccccn2)cs1. The topological polar surface area (TPSA) is 67.8 Å². The molecule has 1 amide bonds. The first-order valence-corrected chi connectivity index (χ1v) is 8.70. The molecular weight excluding hydrogens is 320 g/mol. The first-order chi connectivity index (χ1) is 11.8. The van der Waals surface area contributed by atoms with Gasteiger partial charge in [0.2, 0.25) is 5.91 Å². The fraction of sp³-hybridized carbons (Fsp3) is 0.222. The highest BCUT2D eigenvalue weighted by molar-refractivity contribution is 7.09. The average Bonchev–Trinajstić information content (AvgIpc) is 3.11. The molecule has 3 rings (SSSR count). The Kier molecular flexibility index (Phi) is 5.63. The first-order valence-electron chi connectivity index (χ1n) is 7.82. The Morgan fingerprint density at radius 2 is 2.04 bits per heavy atom. The van der Waals surface area contributed by atoms with Crippen molar-refractivity contribution in [3.05, 3.63) is 64.9 Å². The lowest BCUT2D eigenvalue weighted by molar-refractivity contribution is -0.121. The molecule has 0 fully saturated rings. The number of carbonyl (C=O) groups excluding carboxylic acids is 1. The van der Waals surface area contributed by atoms with Gasteiger partial charge in [-0.3, -0.25) is 14.8 Å². The van der Waals surface area contributed by atoms with E-state index in [2.05, 4.69) is 20.3 Å². The molecule has 0 aliphatic heterocycles. The highest BCUT2D eigenvalue weighted by Crippen LogP contribution is 2.19. The number of aryl methyl sites for hydroxylation is 1. The van der Waals surface area contributed by atoms with Crippen molar-refractivity contribution in [2.24, 2.45) is 0 Å². The summed E-state index contributed by atoms with van der Waals surface area (Å²) < 4.78 is 0. The third-order valence-corrected chi connectivity index (χ3v) is 4.41. The first kappa shape index (κ1) is 16.3. The summed E-state index contributed by atoms with van der Waals surface area (Å²) in [7, 11) is 0. The van der Waals surface area contributed by atoms with Gasteiger partial charge in [0.1, 0.15) is 0 Å². The van der Waals surface area contributed by atoms with Crippen LogP contribution in [0.25, 0.3) is 11.4 Å². The normalized spacial score (nSPS) is 10.5. The standard InChI is InChI=1S/C18H18N4OS/c23-17(7-6-14-4-3-9-19-12-14)21-11-8-18-22-16(13-24-18)15-5-1-2-10-20-15/h1-5,9-10,12-13H,6-8,11H2,(H,21,23). The summed E-state index contributed by atoms with van der Waals surface area (Å²) in [6, 6.07) is 9.64. The van der Waals surface area contributed by atoms with Crippen molar-refractivity contribution in [1.29, 1.82) is 0 Å². The van der Waals surface area contributed by atoms with Crippen LogP contribution in [0.15, 0.2) is 54.3 Å². The fourth-order valence-corrected chi connectivity index (χ4v) is 3.05. The lowest BCUT2D eigenvalue weighted by Crippen LogP contribution is -2.25. The maximum atomic E-state index is 11.9. The van der Waals surface area contributed by atoms with Gasteiger partial charge in [-0.2, -0.15) is 0 Å². The van der Waals surface area contributed by atoms with E-state index in [0.717, 1.165) is 28.4 Å². The summed E-state index contributed by atoms with van der Waals surface area (Å²) in [5.74, 6) is 0.0559. The van der Waals surface area contributed by atoms with Crippen molar-refractivity contribution in [1.82, 2.24) is 20.3 Å². The Balaban J connectivity index is 1.42. The monoisotopic (exact) mass is 338 g/mol. The summed E-state index contributed by atoms with van der Waals surface area (Å²) in [4.78, 5) is 24.8. The zero-order valence-corrected chi connectivity index (χ0v) is 14.0. The van der Waals surface area contributed by atoms with Gasteiger partial charge in [-0.15, -0.1) is 11.3 Å². The molecule has 0 bridgehead atoms. The number of hydrogen-bond donors (Lipinski definition) is 1. The van der Waals surface area contributed by atoms with Gasteiger partial charge in [0, 0.05) is 43.4 Å². The van der Waals surface area contributed by atoms with E-state index in [1.807, 2.05) is 35.7 Å². The van der Waals surface area contributed by atoms with Crippen molar-refractivity contribution in [3.63, 3.8) is 0 Å². The van der Waals surface area contributed by atoms with Gasteiger partial charge in [-0.1, -0.05) is 12.1 Å². The number of pyridine rings is 2. The van der Waals surface area contributed by atoms with Gasteiger partial charge in [0.25, 0.3) is 0 Å². The maximum Gasteiger partial charge on any atom is 0.220 e. The minimum absolute atomic E-state index is 0.0559. The summed E-state index contributed by atoms with van der Waals surface area (Å²) in [6.07, 6.45) is 7.20. The van der Waals surface area contributed by atoms with E-state index >= 15 is 0 Å². The molecule has 122 valence electrons. The lowest BCUT2D eigenvalue weighted by Gasteiger charge is -2.04. The van der Waals surface area contributed by atoms with Gasteiger partial charge in [-0.05, 0) is 30.2 Å². The molecule has 6 heteroatoms.